The molecule has 0 bridgehead atoms. The smallest absolute Gasteiger partial charge is 0.0755 e. The summed E-state index contributed by atoms with van der Waals surface area (Å²) in [6.45, 7) is 3.36. The molecule has 1 aromatic heterocycles. The molecule has 0 aliphatic carbocycles. The lowest BCUT2D eigenvalue weighted by molar-refractivity contribution is -0.0140. The van der Waals surface area contributed by atoms with E-state index in [9.17, 15) is 0 Å². The quantitative estimate of drug-likeness (QED) is 0.806. The third-order valence-corrected chi connectivity index (χ3v) is 4.37. The van der Waals surface area contributed by atoms with Crippen molar-refractivity contribution in [2.75, 3.05) is 19.8 Å². The Morgan fingerprint density at radius 2 is 2.05 bits per heavy atom. The van der Waals surface area contributed by atoms with Crippen molar-refractivity contribution in [1.82, 2.24) is 15.1 Å². The van der Waals surface area contributed by atoms with E-state index in [2.05, 4.69) is 57.6 Å². The number of aromatic amines is 1. The zero-order valence-electron chi connectivity index (χ0n) is 12.4. The maximum atomic E-state index is 5.67. The number of nitrogens with one attached hydrogen (secondary N) is 1. The Morgan fingerprint density at radius 3 is 2.95 bits per heavy atom. The van der Waals surface area contributed by atoms with Gasteiger partial charge in [0.2, 0.25) is 0 Å². The average molecular weight is 293 g/mol. The van der Waals surface area contributed by atoms with Crippen LogP contribution in [0, 0.1) is 0 Å². The van der Waals surface area contributed by atoms with Crippen LogP contribution in [0.3, 0.4) is 0 Å². The minimum atomic E-state index is 0.246. The first-order valence-corrected chi connectivity index (χ1v) is 7.69. The molecule has 0 radical (unpaired) electrons. The van der Waals surface area contributed by atoms with E-state index in [1.54, 1.807) is 6.20 Å². The first kappa shape index (κ1) is 13.5. The second kappa shape index (κ2) is 5.91. The van der Waals surface area contributed by atoms with E-state index in [4.69, 9.17) is 4.74 Å². The molecule has 1 saturated heterocycles. The van der Waals surface area contributed by atoms with Crippen molar-refractivity contribution in [3.63, 3.8) is 0 Å². The SMILES string of the molecule is c1ccc2c(CN3CCOC[C@H]3c3ccn[nH]3)cccc2c1. The Balaban J connectivity index is 1.65. The van der Waals surface area contributed by atoms with Gasteiger partial charge in [-0.1, -0.05) is 42.5 Å². The second-order valence-corrected chi connectivity index (χ2v) is 5.71. The summed E-state index contributed by atoms with van der Waals surface area (Å²) in [7, 11) is 0. The van der Waals surface area contributed by atoms with Gasteiger partial charge in [0.05, 0.1) is 24.9 Å². The Bertz CT molecular complexity index is 749. The predicted octanol–water partition coefficient (Wildman–Crippen LogP) is 3.14. The van der Waals surface area contributed by atoms with Crippen molar-refractivity contribution in [3.8, 4) is 0 Å². The summed E-state index contributed by atoms with van der Waals surface area (Å²) in [5.74, 6) is 0. The third kappa shape index (κ3) is 2.51. The van der Waals surface area contributed by atoms with Crippen LogP contribution in [0.15, 0.2) is 54.7 Å². The molecular weight excluding hydrogens is 274 g/mol. The van der Waals surface area contributed by atoms with Gasteiger partial charge in [-0.25, -0.2) is 0 Å². The van der Waals surface area contributed by atoms with Crippen LogP contribution >= 0.6 is 0 Å². The van der Waals surface area contributed by atoms with Crippen LogP contribution in [0.1, 0.15) is 17.3 Å². The van der Waals surface area contributed by atoms with Crippen LogP contribution in [0.5, 0.6) is 0 Å². The molecule has 1 aliphatic rings. The standard InChI is InChI=1S/C18H19N3O/c1-2-7-16-14(4-1)5-3-6-15(16)12-21-10-11-22-13-18(21)17-8-9-19-20-17/h1-9,18H,10-13H2,(H,19,20)/t18-/m0/s1. The molecule has 3 aromatic rings. The molecule has 2 heterocycles. The topological polar surface area (TPSA) is 41.1 Å². The number of rotatable bonds is 3. The third-order valence-electron chi connectivity index (χ3n) is 4.37. The zero-order chi connectivity index (χ0) is 14.8. The molecule has 1 fully saturated rings. The summed E-state index contributed by atoms with van der Waals surface area (Å²) < 4.78 is 5.67. The number of fused-ring (bicyclic) bond motifs is 1. The molecule has 0 spiro atoms. The number of hydrogen-bond donors (Lipinski definition) is 1. The molecule has 1 aliphatic heterocycles. The fourth-order valence-electron chi connectivity index (χ4n) is 3.22. The van der Waals surface area contributed by atoms with Gasteiger partial charge in [0.15, 0.2) is 0 Å². The summed E-state index contributed by atoms with van der Waals surface area (Å²) in [5.41, 5.74) is 2.49. The molecule has 2 aromatic carbocycles. The van der Waals surface area contributed by atoms with Gasteiger partial charge >= 0.3 is 0 Å². The predicted molar refractivity (Wildman–Crippen MR) is 86.5 cm³/mol. The van der Waals surface area contributed by atoms with Crippen LogP contribution in [-0.2, 0) is 11.3 Å². The van der Waals surface area contributed by atoms with Gasteiger partial charge in [-0.3, -0.25) is 10.00 Å². The van der Waals surface area contributed by atoms with Crippen LogP contribution in [0.25, 0.3) is 10.8 Å². The number of benzene rings is 2. The molecule has 1 N–H and O–H groups in total. The molecule has 0 amide bonds. The average Bonchev–Trinajstić information content (AvgIpc) is 3.10. The van der Waals surface area contributed by atoms with Crippen LogP contribution in [0.2, 0.25) is 0 Å². The second-order valence-electron chi connectivity index (χ2n) is 5.71. The first-order valence-electron chi connectivity index (χ1n) is 7.69. The molecular formula is C18H19N3O. The van der Waals surface area contributed by atoms with Gasteiger partial charge in [0, 0.05) is 19.3 Å². The number of hydrogen-bond acceptors (Lipinski definition) is 3. The highest BCUT2D eigenvalue weighted by atomic mass is 16.5. The van der Waals surface area contributed by atoms with E-state index in [0.29, 0.717) is 6.61 Å². The Hall–Kier alpha value is -2.17. The van der Waals surface area contributed by atoms with Crippen LogP contribution in [0.4, 0.5) is 0 Å². The van der Waals surface area contributed by atoms with E-state index >= 15 is 0 Å². The lowest BCUT2D eigenvalue weighted by atomic mass is 10.0. The van der Waals surface area contributed by atoms with Crippen molar-refractivity contribution < 1.29 is 4.74 Å². The van der Waals surface area contributed by atoms with Crippen molar-refractivity contribution in [3.05, 3.63) is 66.0 Å². The lowest BCUT2D eigenvalue weighted by Gasteiger charge is -2.35. The van der Waals surface area contributed by atoms with E-state index in [0.717, 1.165) is 25.4 Å². The van der Waals surface area contributed by atoms with Gasteiger partial charge in [-0.2, -0.15) is 5.10 Å². The van der Waals surface area contributed by atoms with Crippen molar-refractivity contribution >= 4 is 10.8 Å². The summed E-state index contributed by atoms with van der Waals surface area (Å²) in [6.07, 6.45) is 1.81. The van der Waals surface area contributed by atoms with Gasteiger partial charge in [0.1, 0.15) is 0 Å². The first-order chi connectivity index (χ1) is 10.9. The van der Waals surface area contributed by atoms with Crippen molar-refractivity contribution in [1.29, 1.82) is 0 Å². The Kier molecular flexibility index (Phi) is 3.62. The van der Waals surface area contributed by atoms with Gasteiger partial charge in [-0.05, 0) is 22.4 Å². The highest BCUT2D eigenvalue weighted by molar-refractivity contribution is 5.85. The molecule has 1 atom stereocenters. The molecule has 4 rings (SSSR count). The summed E-state index contributed by atoms with van der Waals surface area (Å²) >= 11 is 0. The largest absolute Gasteiger partial charge is 0.378 e. The normalized spacial score (nSPS) is 19.5. The lowest BCUT2D eigenvalue weighted by Crippen LogP contribution is -2.39. The van der Waals surface area contributed by atoms with Crippen molar-refractivity contribution in [2.24, 2.45) is 0 Å². The van der Waals surface area contributed by atoms with Gasteiger partial charge in [0.25, 0.3) is 0 Å². The Labute approximate surface area is 129 Å². The molecule has 4 nitrogen and oxygen atoms in total. The molecule has 112 valence electrons. The summed E-state index contributed by atoms with van der Waals surface area (Å²) in [6, 6.07) is 17.4. The highest BCUT2D eigenvalue weighted by Gasteiger charge is 2.25. The fraction of sp³-hybridized carbons (Fsp3) is 0.278. The van der Waals surface area contributed by atoms with Crippen molar-refractivity contribution in [2.45, 2.75) is 12.6 Å². The summed E-state index contributed by atoms with van der Waals surface area (Å²) in [5, 5.41) is 9.80. The monoisotopic (exact) mass is 293 g/mol. The van der Waals surface area contributed by atoms with Gasteiger partial charge in [-0.15, -0.1) is 0 Å². The minimum absolute atomic E-state index is 0.246. The maximum absolute atomic E-state index is 5.67. The maximum Gasteiger partial charge on any atom is 0.0755 e. The molecule has 22 heavy (non-hydrogen) atoms. The number of aromatic nitrogens is 2. The van der Waals surface area contributed by atoms with E-state index in [-0.39, 0.29) is 6.04 Å². The molecule has 0 saturated carbocycles. The minimum Gasteiger partial charge on any atom is -0.378 e. The van der Waals surface area contributed by atoms with E-state index < -0.39 is 0 Å². The number of H-pyrrole nitrogens is 1. The summed E-state index contributed by atoms with van der Waals surface area (Å²) in [4.78, 5) is 2.47. The molecule has 4 heteroatoms. The highest BCUT2D eigenvalue weighted by Crippen LogP contribution is 2.27. The van der Waals surface area contributed by atoms with E-state index in [1.807, 2.05) is 6.07 Å². The van der Waals surface area contributed by atoms with Gasteiger partial charge < -0.3 is 4.74 Å². The number of ether oxygens (including phenoxy) is 1. The van der Waals surface area contributed by atoms with E-state index in [1.165, 1.54) is 16.3 Å². The van der Waals surface area contributed by atoms with Crippen LogP contribution in [-0.4, -0.2) is 34.9 Å². The Morgan fingerprint density at radius 1 is 1.14 bits per heavy atom. The molecule has 0 unspecified atom stereocenters. The number of morpholine rings is 1. The zero-order valence-corrected chi connectivity index (χ0v) is 12.4. The number of nitrogens with zero attached hydrogens (tertiary/aromatic N) is 2. The fourth-order valence-corrected chi connectivity index (χ4v) is 3.22. The van der Waals surface area contributed by atoms with Crippen LogP contribution < -0.4 is 0 Å².